The van der Waals surface area contributed by atoms with Gasteiger partial charge in [-0.1, -0.05) is 0 Å². The molecule has 0 amide bonds. The molecule has 1 aromatic rings. The van der Waals surface area contributed by atoms with Crippen molar-refractivity contribution in [1.29, 1.82) is 0 Å². The number of aromatic nitrogens is 1. The fourth-order valence-corrected chi connectivity index (χ4v) is 1.66. The van der Waals surface area contributed by atoms with Crippen LogP contribution < -0.4 is 5.32 Å². The molecule has 1 fully saturated rings. The zero-order chi connectivity index (χ0) is 18.3. The molecule has 2 heterocycles. The minimum absolute atomic E-state index is 0.135. The van der Waals surface area contributed by atoms with Crippen LogP contribution in [0.15, 0.2) is 18.3 Å². The molecule has 24 heavy (non-hydrogen) atoms. The highest BCUT2D eigenvalue weighted by molar-refractivity contribution is 5.87. The molecule has 0 aliphatic carbocycles. The molecule has 11 heteroatoms. The number of carbonyl (C=O) groups is 2. The number of halogens is 3. The Morgan fingerprint density at radius 1 is 1.29 bits per heavy atom. The van der Waals surface area contributed by atoms with Crippen molar-refractivity contribution in [2.75, 3.05) is 18.5 Å². The third-order valence-electron chi connectivity index (χ3n) is 2.91. The lowest BCUT2D eigenvalue weighted by molar-refractivity contribution is -0.192. The van der Waals surface area contributed by atoms with Crippen molar-refractivity contribution in [2.24, 2.45) is 0 Å². The molecule has 4 N–H and O–H groups in total. The number of hydrogen-bond acceptors (Lipinski definition) is 6. The first-order chi connectivity index (χ1) is 11.1. The number of nitrogens with zero attached hydrogens (tertiary/aromatic N) is 1. The van der Waals surface area contributed by atoms with Gasteiger partial charge in [-0.25, -0.2) is 14.6 Å². The number of anilines is 1. The van der Waals surface area contributed by atoms with E-state index in [1.54, 1.807) is 6.07 Å². The van der Waals surface area contributed by atoms with Gasteiger partial charge in [0, 0.05) is 12.8 Å². The minimum atomic E-state index is -5.08. The second-order valence-corrected chi connectivity index (χ2v) is 4.72. The molecule has 1 aliphatic rings. The van der Waals surface area contributed by atoms with Crippen molar-refractivity contribution in [3.8, 4) is 0 Å². The Hall–Kier alpha value is -2.40. The summed E-state index contributed by atoms with van der Waals surface area (Å²) in [6.45, 7) is 0.980. The Balaban J connectivity index is 0.000000351. The Labute approximate surface area is 133 Å². The van der Waals surface area contributed by atoms with Crippen LogP contribution in [0.3, 0.4) is 0 Å². The van der Waals surface area contributed by atoms with E-state index in [0.29, 0.717) is 25.5 Å². The normalized spacial score (nSPS) is 20.5. The molecule has 1 saturated heterocycles. The molecular formula is C13H15F3N2O6. The predicted octanol–water partition coefficient (Wildman–Crippen LogP) is 0.975. The molecule has 2 rings (SSSR count). The zero-order valence-corrected chi connectivity index (χ0v) is 12.2. The minimum Gasteiger partial charge on any atom is -0.478 e. The van der Waals surface area contributed by atoms with Crippen molar-refractivity contribution in [2.45, 2.75) is 24.7 Å². The van der Waals surface area contributed by atoms with Crippen molar-refractivity contribution < 1.29 is 42.8 Å². The maximum atomic E-state index is 10.6. The molecule has 1 aliphatic heterocycles. The van der Waals surface area contributed by atoms with Crippen LogP contribution in [0, 0.1) is 0 Å². The van der Waals surface area contributed by atoms with Crippen LogP contribution in [0.25, 0.3) is 0 Å². The van der Waals surface area contributed by atoms with Gasteiger partial charge in [-0.15, -0.1) is 0 Å². The van der Waals surface area contributed by atoms with Crippen molar-refractivity contribution >= 4 is 17.8 Å². The van der Waals surface area contributed by atoms with E-state index in [4.69, 9.17) is 19.7 Å². The standard InChI is InChI=1S/C11H14N2O4.C2HF3O2/c14-9-3-4-17-6-8(9)13-10-2-1-7(5-12-10)11(15)16;3-2(4,5)1(6)7/h1-2,5,8-9,14H,3-4,6H2,(H,12,13)(H,15,16);(H,6,7)/t8-,9-;/m1./s1. The van der Waals surface area contributed by atoms with E-state index in [1.165, 1.54) is 12.3 Å². The lowest BCUT2D eigenvalue weighted by atomic mass is 10.1. The molecule has 1 aromatic heterocycles. The first kappa shape index (κ1) is 19.6. The van der Waals surface area contributed by atoms with Crippen LogP contribution >= 0.6 is 0 Å². The molecule has 0 bridgehead atoms. The van der Waals surface area contributed by atoms with Crippen LogP contribution in [0.4, 0.5) is 19.0 Å². The number of nitrogens with one attached hydrogen (secondary N) is 1. The number of alkyl halides is 3. The van der Waals surface area contributed by atoms with Gasteiger partial charge in [0.25, 0.3) is 0 Å². The fraction of sp³-hybridized carbons (Fsp3) is 0.462. The molecule has 134 valence electrons. The number of rotatable bonds is 3. The van der Waals surface area contributed by atoms with Gasteiger partial charge in [-0.3, -0.25) is 0 Å². The van der Waals surface area contributed by atoms with Gasteiger partial charge in [0.1, 0.15) is 5.82 Å². The maximum Gasteiger partial charge on any atom is 0.490 e. The molecule has 0 unspecified atom stereocenters. The number of hydrogen-bond donors (Lipinski definition) is 4. The summed E-state index contributed by atoms with van der Waals surface area (Å²) in [5.41, 5.74) is 0.135. The highest BCUT2D eigenvalue weighted by Gasteiger charge is 2.38. The first-order valence-electron chi connectivity index (χ1n) is 6.63. The van der Waals surface area contributed by atoms with Crippen LogP contribution in [-0.4, -0.2) is 63.8 Å². The van der Waals surface area contributed by atoms with Crippen LogP contribution in [-0.2, 0) is 9.53 Å². The first-order valence-corrected chi connectivity index (χ1v) is 6.63. The summed E-state index contributed by atoms with van der Waals surface area (Å²) >= 11 is 0. The highest BCUT2D eigenvalue weighted by Crippen LogP contribution is 2.14. The monoisotopic (exact) mass is 352 g/mol. The molecule has 0 spiro atoms. The second-order valence-electron chi connectivity index (χ2n) is 4.72. The number of carboxylic acid groups (broad SMARTS) is 2. The number of ether oxygens (including phenoxy) is 1. The van der Waals surface area contributed by atoms with Crippen LogP contribution in [0.2, 0.25) is 0 Å². The maximum absolute atomic E-state index is 10.6. The third-order valence-corrected chi connectivity index (χ3v) is 2.91. The van der Waals surface area contributed by atoms with Gasteiger partial charge in [0.05, 0.1) is 24.3 Å². The van der Waals surface area contributed by atoms with E-state index < -0.39 is 24.2 Å². The number of carboxylic acids is 2. The van der Waals surface area contributed by atoms with Gasteiger partial charge in [-0.2, -0.15) is 13.2 Å². The van der Waals surface area contributed by atoms with E-state index in [9.17, 15) is 23.1 Å². The SMILES string of the molecule is O=C(O)C(F)(F)F.O=C(O)c1ccc(N[C@@H]2COCC[C@H]2O)nc1. The summed E-state index contributed by atoms with van der Waals surface area (Å²) in [5, 5.41) is 28.6. The third kappa shape index (κ3) is 6.38. The molecule has 0 saturated carbocycles. The number of aliphatic hydroxyl groups excluding tert-OH is 1. The molecule has 0 aromatic carbocycles. The largest absolute Gasteiger partial charge is 0.490 e. The van der Waals surface area contributed by atoms with Gasteiger partial charge in [-0.05, 0) is 18.6 Å². The average Bonchev–Trinajstić information content (AvgIpc) is 2.50. The molecule has 2 atom stereocenters. The van der Waals surface area contributed by atoms with Crippen molar-refractivity contribution in [1.82, 2.24) is 4.98 Å². The van der Waals surface area contributed by atoms with Crippen molar-refractivity contribution in [3.05, 3.63) is 23.9 Å². The quantitative estimate of drug-likeness (QED) is 0.633. The van der Waals surface area contributed by atoms with Gasteiger partial charge in [0.15, 0.2) is 0 Å². The van der Waals surface area contributed by atoms with Crippen molar-refractivity contribution in [3.63, 3.8) is 0 Å². The van der Waals surface area contributed by atoms with E-state index >= 15 is 0 Å². The van der Waals surface area contributed by atoms with Gasteiger partial charge in [0.2, 0.25) is 0 Å². The predicted molar refractivity (Wildman–Crippen MR) is 73.7 cm³/mol. The average molecular weight is 352 g/mol. The fourth-order valence-electron chi connectivity index (χ4n) is 1.66. The Morgan fingerprint density at radius 2 is 1.92 bits per heavy atom. The topological polar surface area (TPSA) is 129 Å². The summed E-state index contributed by atoms with van der Waals surface area (Å²) in [4.78, 5) is 23.5. The van der Waals surface area contributed by atoms with Gasteiger partial charge < -0.3 is 25.4 Å². The number of aliphatic hydroxyl groups is 1. The summed E-state index contributed by atoms with van der Waals surface area (Å²) in [6.07, 6.45) is -3.68. The van der Waals surface area contributed by atoms with E-state index in [1.807, 2.05) is 0 Å². The highest BCUT2D eigenvalue weighted by atomic mass is 19.4. The van der Waals surface area contributed by atoms with Gasteiger partial charge >= 0.3 is 18.1 Å². The molecule has 0 radical (unpaired) electrons. The summed E-state index contributed by atoms with van der Waals surface area (Å²) < 4.78 is 37.0. The smallest absolute Gasteiger partial charge is 0.478 e. The van der Waals surface area contributed by atoms with Crippen LogP contribution in [0.1, 0.15) is 16.8 Å². The summed E-state index contributed by atoms with van der Waals surface area (Å²) in [6, 6.07) is 2.84. The Bertz CT molecular complexity index is 564. The number of aliphatic carboxylic acids is 1. The summed E-state index contributed by atoms with van der Waals surface area (Å²) in [7, 11) is 0. The number of pyridine rings is 1. The lowest BCUT2D eigenvalue weighted by Gasteiger charge is -2.28. The second kappa shape index (κ2) is 8.45. The lowest BCUT2D eigenvalue weighted by Crippen LogP contribution is -2.42. The molecule has 8 nitrogen and oxygen atoms in total. The van der Waals surface area contributed by atoms with E-state index in [0.717, 1.165) is 0 Å². The Morgan fingerprint density at radius 3 is 2.33 bits per heavy atom. The Kier molecular flexibility index (Phi) is 6.92. The zero-order valence-electron chi connectivity index (χ0n) is 12.2. The molecular weight excluding hydrogens is 337 g/mol. The van der Waals surface area contributed by atoms with Crippen LogP contribution in [0.5, 0.6) is 0 Å². The van der Waals surface area contributed by atoms with E-state index in [2.05, 4.69) is 10.3 Å². The van der Waals surface area contributed by atoms with E-state index in [-0.39, 0.29) is 11.6 Å². The number of aromatic carboxylic acids is 1. The summed E-state index contributed by atoms with van der Waals surface area (Å²) in [5.74, 6) is -3.23.